The Morgan fingerprint density at radius 3 is 2.36 bits per heavy atom. The Morgan fingerprint density at radius 2 is 1.86 bits per heavy atom. The molecule has 7 heteroatoms. The van der Waals surface area contributed by atoms with Crippen LogP contribution >= 0.6 is 0 Å². The molecule has 2 heterocycles. The van der Waals surface area contributed by atoms with Gasteiger partial charge in [0.25, 0.3) is 0 Å². The van der Waals surface area contributed by atoms with Gasteiger partial charge in [-0.25, -0.2) is 4.98 Å². The zero-order valence-electron chi connectivity index (χ0n) is 13.9. The van der Waals surface area contributed by atoms with Crippen LogP contribution in [-0.2, 0) is 14.1 Å². The van der Waals surface area contributed by atoms with Crippen molar-refractivity contribution in [2.24, 2.45) is 5.73 Å². The molecule has 6 nitrogen and oxygen atoms in total. The van der Waals surface area contributed by atoms with Crippen molar-refractivity contribution in [3.05, 3.63) is 17.8 Å². The lowest BCUT2D eigenvalue weighted by molar-refractivity contribution is -0.117. The van der Waals surface area contributed by atoms with Crippen molar-refractivity contribution in [1.82, 2.24) is 4.98 Å². The van der Waals surface area contributed by atoms with Gasteiger partial charge in [-0.15, -0.1) is 0 Å². The van der Waals surface area contributed by atoms with Gasteiger partial charge >= 0.3 is 7.12 Å². The molecule has 2 rings (SSSR count). The van der Waals surface area contributed by atoms with Gasteiger partial charge in [0.15, 0.2) is 0 Å². The lowest BCUT2D eigenvalue weighted by Crippen LogP contribution is -2.41. The second kappa shape index (κ2) is 5.89. The van der Waals surface area contributed by atoms with Crippen LogP contribution < -0.4 is 16.5 Å². The molecule has 3 N–H and O–H groups in total. The number of hydrogen-bond acceptors (Lipinski definition) is 5. The molecule has 1 amide bonds. The summed E-state index contributed by atoms with van der Waals surface area (Å²) in [6.07, 6.45) is 0.277. The third-order valence-corrected chi connectivity index (χ3v) is 4.31. The van der Waals surface area contributed by atoms with Crippen molar-refractivity contribution >= 4 is 24.3 Å². The summed E-state index contributed by atoms with van der Waals surface area (Å²) < 4.78 is 12.1. The fourth-order valence-corrected chi connectivity index (χ4v) is 2.20. The molecule has 0 aromatic carbocycles. The van der Waals surface area contributed by atoms with Gasteiger partial charge in [0.2, 0.25) is 5.91 Å². The van der Waals surface area contributed by atoms with Gasteiger partial charge < -0.3 is 20.4 Å². The van der Waals surface area contributed by atoms with E-state index in [1.807, 2.05) is 46.8 Å². The SMILES string of the molecule is Cc1nc(NCCC(N)=O)ccc1B1OC(C)(C)C(C)(C)O1. The summed E-state index contributed by atoms with van der Waals surface area (Å²) in [4.78, 5) is 15.2. The Bertz CT molecular complexity index is 559. The molecule has 0 saturated carbocycles. The van der Waals surface area contributed by atoms with Crippen molar-refractivity contribution in [1.29, 1.82) is 0 Å². The first-order valence-electron chi connectivity index (χ1n) is 7.48. The summed E-state index contributed by atoms with van der Waals surface area (Å²) >= 11 is 0. The molecule has 0 atom stereocenters. The van der Waals surface area contributed by atoms with Crippen LogP contribution in [-0.4, -0.2) is 35.8 Å². The van der Waals surface area contributed by atoms with E-state index in [2.05, 4.69) is 10.3 Å². The molecule has 0 unspecified atom stereocenters. The smallest absolute Gasteiger partial charge is 0.399 e. The van der Waals surface area contributed by atoms with Crippen molar-refractivity contribution in [3.63, 3.8) is 0 Å². The molecule has 1 aromatic rings. The minimum absolute atomic E-state index is 0.277. The molecule has 22 heavy (non-hydrogen) atoms. The average molecular weight is 305 g/mol. The minimum atomic E-state index is -0.419. The summed E-state index contributed by atoms with van der Waals surface area (Å²) in [6.45, 7) is 10.5. The normalized spacial score (nSPS) is 19.2. The molecule has 1 aliphatic heterocycles. The zero-order chi connectivity index (χ0) is 16.5. The van der Waals surface area contributed by atoms with E-state index in [0.29, 0.717) is 12.4 Å². The van der Waals surface area contributed by atoms with Crippen LogP contribution in [0, 0.1) is 6.92 Å². The highest BCUT2D eigenvalue weighted by Crippen LogP contribution is 2.36. The summed E-state index contributed by atoms with van der Waals surface area (Å²) in [7, 11) is -0.419. The molecule has 1 saturated heterocycles. The Balaban J connectivity index is 2.09. The number of nitrogens with two attached hydrogens (primary N) is 1. The largest absolute Gasteiger partial charge is 0.496 e. The number of aryl methyl sites for hydroxylation is 1. The van der Waals surface area contributed by atoms with E-state index in [1.165, 1.54) is 0 Å². The number of hydrogen-bond donors (Lipinski definition) is 2. The minimum Gasteiger partial charge on any atom is -0.399 e. The first kappa shape index (κ1) is 16.8. The maximum absolute atomic E-state index is 10.7. The lowest BCUT2D eigenvalue weighted by atomic mass is 9.78. The molecule has 1 aromatic heterocycles. The second-order valence-electron chi connectivity index (χ2n) is 6.60. The molecular formula is C15H24BN3O3. The Kier molecular flexibility index (Phi) is 4.49. The van der Waals surface area contributed by atoms with E-state index in [4.69, 9.17) is 15.0 Å². The fourth-order valence-electron chi connectivity index (χ4n) is 2.20. The van der Waals surface area contributed by atoms with Crippen LogP contribution in [0.5, 0.6) is 0 Å². The van der Waals surface area contributed by atoms with Crippen molar-refractivity contribution in [2.75, 3.05) is 11.9 Å². The Hall–Kier alpha value is -1.60. The summed E-state index contributed by atoms with van der Waals surface area (Å²) in [5, 5.41) is 3.07. The number of carbonyl (C=O) groups is 1. The third-order valence-electron chi connectivity index (χ3n) is 4.31. The van der Waals surface area contributed by atoms with E-state index in [0.717, 1.165) is 11.2 Å². The third kappa shape index (κ3) is 3.42. The molecule has 0 spiro atoms. The number of nitrogens with zero attached hydrogens (tertiary/aromatic N) is 1. The van der Waals surface area contributed by atoms with Crippen molar-refractivity contribution in [3.8, 4) is 0 Å². The zero-order valence-corrected chi connectivity index (χ0v) is 13.9. The van der Waals surface area contributed by atoms with Crippen molar-refractivity contribution < 1.29 is 14.1 Å². The van der Waals surface area contributed by atoms with E-state index in [-0.39, 0.29) is 23.5 Å². The molecule has 0 radical (unpaired) electrons. The average Bonchev–Trinajstić information content (AvgIpc) is 2.57. The van der Waals surface area contributed by atoms with E-state index in [1.54, 1.807) is 0 Å². The number of rotatable bonds is 5. The van der Waals surface area contributed by atoms with Gasteiger partial charge in [-0.1, -0.05) is 6.07 Å². The number of aromatic nitrogens is 1. The molecule has 120 valence electrons. The highest BCUT2D eigenvalue weighted by Gasteiger charge is 2.52. The number of nitrogens with one attached hydrogen (secondary N) is 1. The van der Waals surface area contributed by atoms with Crippen LogP contribution in [0.25, 0.3) is 0 Å². The molecule has 0 aliphatic carbocycles. The first-order chi connectivity index (χ1) is 10.1. The van der Waals surface area contributed by atoms with Crippen LogP contribution in [0.3, 0.4) is 0 Å². The van der Waals surface area contributed by atoms with Gasteiger partial charge in [0.05, 0.1) is 11.2 Å². The maximum atomic E-state index is 10.7. The number of carbonyl (C=O) groups excluding carboxylic acids is 1. The van der Waals surface area contributed by atoms with Crippen LogP contribution in [0.4, 0.5) is 5.82 Å². The first-order valence-corrected chi connectivity index (χ1v) is 7.48. The topological polar surface area (TPSA) is 86.5 Å². The maximum Gasteiger partial charge on any atom is 0.496 e. The Morgan fingerprint density at radius 1 is 1.27 bits per heavy atom. The predicted octanol–water partition coefficient (Wildman–Crippen LogP) is 0.977. The van der Waals surface area contributed by atoms with Crippen LogP contribution in [0.15, 0.2) is 12.1 Å². The fraction of sp³-hybridized carbons (Fsp3) is 0.600. The van der Waals surface area contributed by atoms with Crippen molar-refractivity contribution in [2.45, 2.75) is 52.2 Å². The van der Waals surface area contributed by atoms with Gasteiger partial charge in [-0.3, -0.25) is 4.79 Å². The molecule has 0 bridgehead atoms. The number of amides is 1. The van der Waals surface area contributed by atoms with Gasteiger partial charge in [0, 0.05) is 24.1 Å². The lowest BCUT2D eigenvalue weighted by Gasteiger charge is -2.32. The quantitative estimate of drug-likeness (QED) is 0.792. The molecule has 1 aliphatic rings. The summed E-state index contributed by atoms with van der Waals surface area (Å²) in [5.74, 6) is 0.372. The second-order valence-corrected chi connectivity index (χ2v) is 6.60. The van der Waals surface area contributed by atoms with Gasteiger partial charge in [-0.2, -0.15) is 0 Å². The van der Waals surface area contributed by atoms with E-state index >= 15 is 0 Å². The number of anilines is 1. The van der Waals surface area contributed by atoms with Gasteiger partial charge in [-0.05, 0) is 40.7 Å². The van der Waals surface area contributed by atoms with Crippen LogP contribution in [0.2, 0.25) is 0 Å². The number of primary amides is 1. The predicted molar refractivity (Wildman–Crippen MR) is 87.0 cm³/mol. The summed E-state index contributed by atoms with van der Waals surface area (Å²) in [6, 6.07) is 3.80. The number of pyridine rings is 1. The Labute approximate surface area is 131 Å². The summed E-state index contributed by atoms with van der Waals surface area (Å²) in [5.41, 5.74) is 6.12. The highest BCUT2D eigenvalue weighted by molar-refractivity contribution is 6.62. The molecule has 1 fully saturated rings. The highest BCUT2D eigenvalue weighted by atomic mass is 16.7. The standard InChI is InChI=1S/C15H24BN3O3/c1-10-11(16-21-14(2,3)15(4,5)22-16)6-7-13(19-10)18-9-8-12(17)20/h6-7H,8-9H2,1-5H3,(H2,17,20)(H,18,19). The van der Waals surface area contributed by atoms with E-state index in [9.17, 15) is 4.79 Å². The molecular weight excluding hydrogens is 281 g/mol. The van der Waals surface area contributed by atoms with Gasteiger partial charge in [0.1, 0.15) is 5.82 Å². The van der Waals surface area contributed by atoms with Crippen LogP contribution in [0.1, 0.15) is 39.8 Å². The monoisotopic (exact) mass is 305 g/mol. The van der Waals surface area contributed by atoms with E-state index < -0.39 is 7.12 Å².